The number of benzene rings is 4. The molecule has 0 spiro atoms. The molecule has 0 atom stereocenters. The Morgan fingerprint density at radius 2 is 0.643 bits per heavy atom. The van der Waals surface area contributed by atoms with Crippen LogP contribution in [0.5, 0.6) is 23.0 Å². The number of phenols is 2. The average Bonchev–Trinajstić information content (AvgIpc) is 3.07. The molecule has 4 heteroatoms. The molecule has 0 saturated carbocycles. The second-order valence-corrected chi connectivity index (χ2v) is 20.5. The standard InChI is InChI=1S/C52H72O4/c1-15-55-47-35-21-17-19-33-25-42(50(6,7)8)30-38(46(33)54)24-40-32-44(52(12,13)14)28-36(48(40)56-16-2)22-18-20-34-26-41(49(3,4)5)29-37(45(34)53)23-39(47)31-43(27-35)51(9,10)11/h25-32,53-54H,15-24H2,1-14H3. The Bertz CT molecular complexity index is 1870. The van der Waals surface area contributed by atoms with E-state index in [1.54, 1.807) is 0 Å². The Morgan fingerprint density at radius 1 is 0.393 bits per heavy atom. The minimum absolute atomic E-state index is 0.0697. The van der Waals surface area contributed by atoms with Gasteiger partial charge in [-0.3, -0.25) is 0 Å². The van der Waals surface area contributed by atoms with Gasteiger partial charge >= 0.3 is 0 Å². The van der Waals surface area contributed by atoms with Crippen LogP contribution < -0.4 is 9.47 Å². The first-order chi connectivity index (χ1) is 26.0. The Balaban J connectivity index is 1.77. The van der Waals surface area contributed by atoms with Crippen LogP contribution in [-0.4, -0.2) is 23.4 Å². The first kappa shape index (κ1) is 43.2. The van der Waals surface area contributed by atoms with E-state index in [2.05, 4.69) is 145 Å². The largest absolute Gasteiger partial charge is 0.507 e. The van der Waals surface area contributed by atoms with Crippen LogP contribution in [0, 0.1) is 0 Å². The Kier molecular flexibility index (Phi) is 12.7. The summed E-state index contributed by atoms with van der Waals surface area (Å²) >= 11 is 0. The average molecular weight is 761 g/mol. The summed E-state index contributed by atoms with van der Waals surface area (Å²) in [6.07, 6.45) is 5.99. The maximum Gasteiger partial charge on any atom is 0.126 e. The lowest BCUT2D eigenvalue weighted by Gasteiger charge is -2.27. The normalized spacial score (nSPS) is 14.7. The van der Waals surface area contributed by atoms with Gasteiger partial charge in [0.05, 0.1) is 13.2 Å². The van der Waals surface area contributed by atoms with Crippen LogP contribution in [-0.2, 0) is 60.2 Å². The third-order valence-electron chi connectivity index (χ3n) is 11.6. The molecule has 0 amide bonds. The van der Waals surface area contributed by atoms with Gasteiger partial charge < -0.3 is 19.7 Å². The molecule has 56 heavy (non-hydrogen) atoms. The fourth-order valence-electron chi connectivity index (χ4n) is 8.05. The summed E-state index contributed by atoms with van der Waals surface area (Å²) in [6.45, 7) is 32.4. The second-order valence-electron chi connectivity index (χ2n) is 20.5. The van der Waals surface area contributed by atoms with Gasteiger partial charge in [-0.1, -0.05) is 132 Å². The van der Waals surface area contributed by atoms with Crippen molar-refractivity contribution in [2.24, 2.45) is 0 Å². The molecule has 304 valence electrons. The molecule has 0 aliphatic heterocycles. The fraction of sp³-hybridized carbons (Fsp3) is 0.538. The molecule has 4 aromatic carbocycles. The monoisotopic (exact) mass is 761 g/mol. The van der Waals surface area contributed by atoms with E-state index in [1.165, 1.54) is 33.4 Å². The van der Waals surface area contributed by atoms with Gasteiger partial charge in [0.2, 0.25) is 0 Å². The van der Waals surface area contributed by atoms with Gasteiger partial charge in [0, 0.05) is 12.8 Å². The molecule has 4 nitrogen and oxygen atoms in total. The molecule has 1 aliphatic rings. The van der Waals surface area contributed by atoms with Crippen molar-refractivity contribution in [1.29, 1.82) is 0 Å². The summed E-state index contributed by atoms with van der Waals surface area (Å²) in [6, 6.07) is 18.2. The van der Waals surface area contributed by atoms with Gasteiger partial charge in [0.15, 0.2) is 0 Å². The van der Waals surface area contributed by atoms with Crippen molar-refractivity contribution in [2.45, 2.75) is 170 Å². The van der Waals surface area contributed by atoms with Crippen molar-refractivity contribution in [3.05, 3.63) is 115 Å². The van der Waals surface area contributed by atoms with Gasteiger partial charge in [-0.25, -0.2) is 0 Å². The van der Waals surface area contributed by atoms with Crippen molar-refractivity contribution in [2.75, 3.05) is 13.2 Å². The molecule has 2 N–H and O–H groups in total. The first-order valence-electron chi connectivity index (χ1n) is 21.3. The molecule has 4 aromatic rings. The number of hydrogen-bond donors (Lipinski definition) is 2. The first-order valence-corrected chi connectivity index (χ1v) is 21.3. The van der Waals surface area contributed by atoms with E-state index in [0.29, 0.717) is 37.6 Å². The predicted molar refractivity (Wildman–Crippen MR) is 236 cm³/mol. The highest BCUT2D eigenvalue weighted by atomic mass is 16.5. The highest BCUT2D eigenvalue weighted by Gasteiger charge is 2.26. The van der Waals surface area contributed by atoms with E-state index in [4.69, 9.17) is 9.47 Å². The molecular weight excluding hydrogens is 689 g/mol. The topological polar surface area (TPSA) is 58.9 Å². The zero-order chi connectivity index (χ0) is 41.4. The molecule has 0 aromatic heterocycles. The summed E-state index contributed by atoms with van der Waals surface area (Å²) in [5, 5.41) is 24.2. The van der Waals surface area contributed by atoms with Crippen LogP contribution in [0.2, 0.25) is 0 Å². The van der Waals surface area contributed by atoms with Crippen LogP contribution in [0.4, 0.5) is 0 Å². The van der Waals surface area contributed by atoms with E-state index in [9.17, 15) is 10.2 Å². The molecule has 8 bridgehead atoms. The molecule has 1 aliphatic carbocycles. The van der Waals surface area contributed by atoms with Gasteiger partial charge in [0.1, 0.15) is 23.0 Å². The summed E-state index contributed by atoms with van der Waals surface area (Å²) in [7, 11) is 0. The van der Waals surface area contributed by atoms with E-state index in [-0.39, 0.29) is 21.7 Å². The quantitative estimate of drug-likeness (QED) is 0.217. The van der Waals surface area contributed by atoms with Crippen LogP contribution in [0.25, 0.3) is 0 Å². The molecule has 0 fully saturated rings. The molecule has 5 rings (SSSR count). The highest BCUT2D eigenvalue weighted by molar-refractivity contribution is 5.55. The summed E-state index contributed by atoms with van der Waals surface area (Å²) in [5.74, 6) is 2.66. The van der Waals surface area contributed by atoms with E-state index < -0.39 is 0 Å². The predicted octanol–water partition coefficient (Wildman–Crippen LogP) is 12.9. The molecule has 0 heterocycles. The maximum atomic E-state index is 12.1. The van der Waals surface area contributed by atoms with Crippen molar-refractivity contribution in [1.82, 2.24) is 0 Å². The number of aromatic hydroxyl groups is 2. The second kappa shape index (κ2) is 16.5. The Morgan fingerprint density at radius 3 is 0.929 bits per heavy atom. The van der Waals surface area contributed by atoms with Gasteiger partial charge in [0.25, 0.3) is 0 Å². The fourth-order valence-corrected chi connectivity index (χ4v) is 8.05. The summed E-state index contributed by atoms with van der Waals surface area (Å²) in [5.41, 5.74) is 13.2. The van der Waals surface area contributed by atoms with Crippen LogP contribution in [0.3, 0.4) is 0 Å². The lowest BCUT2D eigenvalue weighted by Crippen LogP contribution is -2.15. The van der Waals surface area contributed by atoms with Crippen LogP contribution in [0.15, 0.2) is 48.5 Å². The lowest BCUT2D eigenvalue weighted by molar-refractivity contribution is 0.332. The zero-order valence-corrected chi connectivity index (χ0v) is 37.4. The van der Waals surface area contributed by atoms with Crippen LogP contribution >= 0.6 is 0 Å². The third kappa shape index (κ3) is 9.96. The number of phenolic OH excluding ortho intramolecular Hbond substituents is 2. The molecule has 0 saturated heterocycles. The maximum absolute atomic E-state index is 12.1. The molecule has 0 radical (unpaired) electrons. The molecular formula is C52H72O4. The van der Waals surface area contributed by atoms with Crippen molar-refractivity contribution < 1.29 is 19.7 Å². The zero-order valence-electron chi connectivity index (χ0n) is 37.4. The minimum atomic E-state index is -0.0848. The number of rotatable bonds is 4. The highest BCUT2D eigenvalue weighted by Crippen LogP contribution is 2.41. The van der Waals surface area contributed by atoms with Gasteiger partial charge in [-0.2, -0.15) is 0 Å². The number of aryl methyl sites for hydroxylation is 4. The summed E-state index contributed by atoms with van der Waals surface area (Å²) in [4.78, 5) is 0. The van der Waals surface area contributed by atoms with Crippen molar-refractivity contribution >= 4 is 0 Å². The van der Waals surface area contributed by atoms with Crippen LogP contribution in [0.1, 0.15) is 177 Å². The minimum Gasteiger partial charge on any atom is -0.507 e. The Labute approximate surface area is 340 Å². The van der Waals surface area contributed by atoms with Crippen molar-refractivity contribution in [3.63, 3.8) is 0 Å². The van der Waals surface area contributed by atoms with E-state index >= 15 is 0 Å². The number of fused-ring (bicyclic) bond motifs is 8. The third-order valence-corrected chi connectivity index (χ3v) is 11.6. The number of ether oxygens (including phenoxy) is 2. The van der Waals surface area contributed by atoms with E-state index in [1.807, 2.05) is 0 Å². The number of hydrogen-bond acceptors (Lipinski definition) is 4. The Hall–Kier alpha value is -3.92. The summed E-state index contributed by atoms with van der Waals surface area (Å²) < 4.78 is 13.1. The van der Waals surface area contributed by atoms with E-state index in [0.717, 1.165) is 83.4 Å². The molecule has 0 unspecified atom stereocenters. The smallest absolute Gasteiger partial charge is 0.126 e. The lowest BCUT2D eigenvalue weighted by atomic mass is 9.80. The van der Waals surface area contributed by atoms with Crippen molar-refractivity contribution in [3.8, 4) is 23.0 Å². The van der Waals surface area contributed by atoms with Gasteiger partial charge in [-0.05, 0) is 141 Å². The SMILES string of the molecule is CCOc1c2cc(C(C)(C)C)cc1Cc1cc(C(C)(C)C)cc(c1O)CCCc1cc(C(C)(C)C)cc(c1OCC)Cc1cc(C(C)(C)C)cc(c1O)CCC2. The van der Waals surface area contributed by atoms with Gasteiger partial charge in [-0.15, -0.1) is 0 Å².